The minimum Gasteiger partial charge on any atom is -0.274 e. The van der Waals surface area contributed by atoms with E-state index in [-0.39, 0.29) is 5.91 Å². The molecule has 2 aromatic rings. The van der Waals surface area contributed by atoms with Crippen LogP contribution in [0.3, 0.4) is 0 Å². The predicted molar refractivity (Wildman–Crippen MR) is 75.4 cm³/mol. The fourth-order valence-electron chi connectivity index (χ4n) is 1.62. The SMILES string of the molecule is CCCCC(=O)n1cc(I)c2c(Cl)ncnc21. The van der Waals surface area contributed by atoms with E-state index in [1.54, 1.807) is 10.8 Å². The highest BCUT2D eigenvalue weighted by molar-refractivity contribution is 14.1. The maximum absolute atomic E-state index is 12.0. The van der Waals surface area contributed by atoms with Gasteiger partial charge in [-0.15, -0.1) is 0 Å². The number of aromatic nitrogens is 3. The fourth-order valence-corrected chi connectivity index (χ4v) is 2.79. The van der Waals surface area contributed by atoms with Gasteiger partial charge >= 0.3 is 0 Å². The van der Waals surface area contributed by atoms with Crippen molar-refractivity contribution in [2.24, 2.45) is 0 Å². The summed E-state index contributed by atoms with van der Waals surface area (Å²) in [5.41, 5.74) is 0.593. The van der Waals surface area contributed by atoms with Crippen molar-refractivity contribution in [2.45, 2.75) is 26.2 Å². The van der Waals surface area contributed by atoms with Crippen LogP contribution in [0.15, 0.2) is 12.5 Å². The van der Waals surface area contributed by atoms with Gasteiger partial charge in [-0.3, -0.25) is 9.36 Å². The van der Waals surface area contributed by atoms with Crippen molar-refractivity contribution in [3.63, 3.8) is 0 Å². The second-order valence-corrected chi connectivity index (χ2v) is 5.23. The minimum atomic E-state index is 0.0505. The number of carbonyl (C=O) groups excluding carboxylic acids is 1. The summed E-state index contributed by atoms with van der Waals surface area (Å²) in [4.78, 5) is 20.1. The van der Waals surface area contributed by atoms with Gasteiger partial charge in [0.2, 0.25) is 5.91 Å². The van der Waals surface area contributed by atoms with E-state index >= 15 is 0 Å². The zero-order valence-corrected chi connectivity index (χ0v) is 12.2. The summed E-state index contributed by atoms with van der Waals surface area (Å²) in [5, 5.41) is 1.14. The van der Waals surface area contributed by atoms with E-state index in [2.05, 4.69) is 39.5 Å². The lowest BCUT2D eigenvalue weighted by Gasteiger charge is -2.02. The van der Waals surface area contributed by atoms with Crippen molar-refractivity contribution in [3.05, 3.63) is 21.2 Å². The number of fused-ring (bicyclic) bond motifs is 1. The molecule has 0 spiro atoms. The predicted octanol–water partition coefficient (Wildman–Crippen LogP) is 3.52. The fraction of sp³-hybridized carbons (Fsp3) is 0.364. The molecule has 0 saturated carbocycles. The molecule has 0 bridgehead atoms. The molecule has 0 atom stereocenters. The Morgan fingerprint density at radius 2 is 2.29 bits per heavy atom. The largest absolute Gasteiger partial charge is 0.274 e. The van der Waals surface area contributed by atoms with Gasteiger partial charge in [-0.2, -0.15) is 0 Å². The molecule has 6 heteroatoms. The number of hydrogen-bond acceptors (Lipinski definition) is 3. The Bertz CT molecular complexity index is 567. The van der Waals surface area contributed by atoms with Gasteiger partial charge in [0.15, 0.2) is 5.65 Å². The summed E-state index contributed by atoms with van der Waals surface area (Å²) in [5.74, 6) is 0.0505. The molecule has 0 aromatic carbocycles. The minimum absolute atomic E-state index is 0.0505. The molecule has 0 saturated heterocycles. The Labute approximate surface area is 118 Å². The molecule has 17 heavy (non-hydrogen) atoms. The Balaban J connectivity index is 2.49. The van der Waals surface area contributed by atoms with Crippen LogP contribution in [-0.4, -0.2) is 20.4 Å². The first-order chi connectivity index (χ1) is 8.15. The molecule has 2 aromatic heterocycles. The summed E-state index contributed by atoms with van der Waals surface area (Å²) in [6.07, 6.45) is 5.55. The van der Waals surface area contributed by atoms with Gasteiger partial charge in [-0.1, -0.05) is 24.9 Å². The van der Waals surface area contributed by atoms with Gasteiger partial charge in [0, 0.05) is 16.2 Å². The van der Waals surface area contributed by atoms with Crippen molar-refractivity contribution in [2.75, 3.05) is 0 Å². The quantitative estimate of drug-likeness (QED) is 0.619. The van der Waals surface area contributed by atoms with Crippen LogP contribution in [0.4, 0.5) is 0 Å². The van der Waals surface area contributed by atoms with Crippen LogP contribution < -0.4 is 0 Å². The van der Waals surface area contributed by atoms with Gasteiger partial charge in [-0.05, 0) is 29.0 Å². The molecule has 0 unspecified atom stereocenters. The van der Waals surface area contributed by atoms with E-state index in [1.165, 1.54) is 6.33 Å². The summed E-state index contributed by atoms with van der Waals surface area (Å²) in [6.45, 7) is 2.06. The Morgan fingerprint density at radius 1 is 1.53 bits per heavy atom. The van der Waals surface area contributed by atoms with Crippen molar-refractivity contribution < 1.29 is 4.79 Å². The van der Waals surface area contributed by atoms with Crippen LogP contribution in [0.1, 0.15) is 31.0 Å². The lowest BCUT2D eigenvalue weighted by Crippen LogP contribution is -2.09. The number of halogens is 2. The molecule has 0 fully saturated rings. The van der Waals surface area contributed by atoms with Crippen LogP contribution in [0.25, 0.3) is 11.0 Å². The van der Waals surface area contributed by atoms with Gasteiger partial charge < -0.3 is 0 Å². The second-order valence-electron chi connectivity index (χ2n) is 3.71. The van der Waals surface area contributed by atoms with E-state index in [0.717, 1.165) is 21.8 Å². The first kappa shape index (κ1) is 12.8. The summed E-state index contributed by atoms with van der Waals surface area (Å²) >= 11 is 8.14. The maximum atomic E-state index is 12.0. The standard InChI is InChI=1S/C11H11ClIN3O/c1-2-3-4-8(17)16-5-7(13)9-10(12)14-6-15-11(9)16/h5-6H,2-4H2,1H3. The van der Waals surface area contributed by atoms with Gasteiger partial charge in [-0.25, -0.2) is 9.97 Å². The maximum Gasteiger partial charge on any atom is 0.232 e. The molecule has 0 amide bonds. The second kappa shape index (κ2) is 5.30. The topological polar surface area (TPSA) is 47.8 Å². The van der Waals surface area contributed by atoms with E-state index in [9.17, 15) is 4.79 Å². The molecular weight excluding hydrogens is 352 g/mol. The molecule has 2 heterocycles. The van der Waals surface area contributed by atoms with Gasteiger partial charge in [0.05, 0.1) is 5.39 Å². The van der Waals surface area contributed by atoms with Crippen molar-refractivity contribution >= 4 is 51.1 Å². The molecule has 0 aliphatic carbocycles. The van der Waals surface area contributed by atoms with Gasteiger partial charge in [0.1, 0.15) is 11.5 Å². The highest BCUT2D eigenvalue weighted by atomic mass is 127. The highest BCUT2D eigenvalue weighted by Gasteiger charge is 2.15. The van der Waals surface area contributed by atoms with E-state index in [0.29, 0.717) is 17.2 Å². The van der Waals surface area contributed by atoms with Crippen molar-refractivity contribution in [1.29, 1.82) is 0 Å². The number of unbranched alkanes of at least 4 members (excludes halogenated alkanes) is 1. The third-order valence-corrected chi connectivity index (χ3v) is 3.61. The van der Waals surface area contributed by atoms with Crippen molar-refractivity contribution in [3.8, 4) is 0 Å². The summed E-state index contributed by atoms with van der Waals surface area (Å²) < 4.78 is 2.47. The molecule has 2 rings (SSSR count). The van der Waals surface area contributed by atoms with E-state index in [4.69, 9.17) is 11.6 Å². The number of nitrogens with zero attached hydrogens (tertiary/aromatic N) is 3. The molecule has 0 radical (unpaired) electrons. The first-order valence-corrected chi connectivity index (χ1v) is 6.81. The molecular formula is C11H11ClIN3O. The van der Waals surface area contributed by atoms with Crippen LogP contribution in [0.2, 0.25) is 5.15 Å². The van der Waals surface area contributed by atoms with Crippen molar-refractivity contribution in [1.82, 2.24) is 14.5 Å². The Morgan fingerprint density at radius 3 is 3.00 bits per heavy atom. The lowest BCUT2D eigenvalue weighted by atomic mass is 10.2. The highest BCUT2D eigenvalue weighted by Crippen LogP contribution is 2.26. The number of rotatable bonds is 3. The average Bonchev–Trinajstić information content (AvgIpc) is 2.65. The monoisotopic (exact) mass is 363 g/mol. The number of carbonyl (C=O) groups is 1. The Hall–Kier alpha value is -0.690. The van der Waals surface area contributed by atoms with Crippen LogP contribution in [0, 0.1) is 3.57 Å². The van der Waals surface area contributed by atoms with Crippen LogP contribution >= 0.6 is 34.2 Å². The average molecular weight is 364 g/mol. The van der Waals surface area contributed by atoms with Crippen LogP contribution in [-0.2, 0) is 0 Å². The molecule has 0 N–H and O–H groups in total. The Kier molecular flexibility index (Phi) is 3.98. The third kappa shape index (κ3) is 2.44. The number of hydrogen-bond donors (Lipinski definition) is 0. The zero-order valence-electron chi connectivity index (χ0n) is 9.28. The summed E-state index contributed by atoms with van der Waals surface area (Å²) in [7, 11) is 0. The lowest BCUT2D eigenvalue weighted by molar-refractivity contribution is 0.0904. The van der Waals surface area contributed by atoms with Crippen LogP contribution in [0.5, 0.6) is 0 Å². The molecule has 4 nitrogen and oxygen atoms in total. The first-order valence-electron chi connectivity index (χ1n) is 5.35. The zero-order chi connectivity index (χ0) is 12.4. The smallest absolute Gasteiger partial charge is 0.232 e. The van der Waals surface area contributed by atoms with E-state index in [1.807, 2.05) is 0 Å². The molecule has 90 valence electrons. The van der Waals surface area contributed by atoms with Gasteiger partial charge in [0.25, 0.3) is 0 Å². The summed E-state index contributed by atoms with van der Waals surface area (Å²) in [6, 6.07) is 0. The molecule has 0 aliphatic rings. The third-order valence-electron chi connectivity index (χ3n) is 2.50. The van der Waals surface area contributed by atoms with E-state index < -0.39 is 0 Å². The normalized spacial score (nSPS) is 11.0. The molecule has 0 aliphatic heterocycles.